The van der Waals surface area contributed by atoms with Gasteiger partial charge in [-0.15, -0.1) is 0 Å². The van der Waals surface area contributed by atoms with E-state index in [2.05, 4.69) is 84.9 Å². The molecule has 0 radical (unpaired) electrons. The van der Waals surface area contributed by atoms with Crippen molar-refractivity contribution >= 4 is 25.0 Å². The molecule has 0 saturated heterocycles. The highest BCUT2D eigenvalue weighted by atomic mass is 28.4. The van der Waals surface area contributed by atoms with Crippen LogP contribution >= 0.6 is 0 Å². The number of fused-ring (bicyclic) bond motifs is 5. The zero-order valence-electron chi connectivity index (χ0n) is 23.9. The molecule has 34 heavy (non-hydrogen) atoms. The van der Waals surface area contributed by atoms with Gasteiger partial charge in [0.2, 0.25) is 25.0 Å². The second kappa shape index (κ2) is 8.41. The average Bonchev–Trinajstić information content (AvgIpc) is 2.96. The average molecular weight is 519 g/mol. The van der Waals surface area contributed by atoms with E-state index in [4.69, 9.17) is 13.3 Å². The second-order valence-electron chi connectivity index (χ2n) is 14.8. The zero-order chi connectivity index (χ0) is 25.3. The summed E-state index contributed by atoms with van der Waals surface area (Å²) < 4.78 is 20.2. The molecule has 5 unspecified atom stereocenters. The molecule has 0 aromatic carbocycles. The van der Waals surface area contributed by atoms with Gasteiger partial charge >= 0.3 is 0 Å². The summed E-state index contributed by atoms with van der Waals surface area (Å²) in [6, 6.07) is 0. The molecule has 1 saturated carbocycles. The van der Waals surface area contributed by atoms with Gasteiger partial charge in [-0.3, -0.25) is 0 Å². The van der Waals surface area contributed by atoms with E-state index >= 15 is 0 Å². The topological polar surface area (TPSA) is 27.7 Å². The van der Waals surface area contributed by atoms with Crippen LogP contribution in [0, 0.1) is 28.6 Å². The first-order chi connectivity index (χ1) is 15.4. The van der Waals surface area contributed by atoms with Crippen LogP contribution in [0.2, 0.25) is 58.9 Å². The minimum atomic E-state index is -1.76. The first-order valence-electron chi connectivity index (χ1n) is 13.6. The van der Waals surface area contributed by atoms with Gasteiger partial charge in [-0.1, -0.05) is 19.9 Å². The van der Waals surface area contributed by atoms with Crippen molar-refractivity contribution in [3.05, 3.63) is 35.0 Å². The van der Waals surface area contributed by atoms with E-state index in [1.54, 1.807) is 0 Å². The fraction of sp³-hybridized carbons (Fsp3) is 0.786. The van der Waals surface area contributed by atoms with Crippen molar-refractivity contribution in [2.45, 2.75) is 111 Å². The minimum absolute atomic E-state index is 0.188. The minimum Gasteiger partial charge on any atom is -0.547 e. The standard InChI is InChI=1S/C28H50O3Si3/c1-27-19-17-24(29-32(3,4)5)26(31-34(9,10)11)23(27)13-12-20-21-14-15-25(30-33(6,7)8)28(21,2)18-16-22(20)27/h13,15,20-22H,12,14,16-19H2,1-11H3. The second-order valence-corrected chi connectivity index (χ2v) is 28.1. The molecule has 5 atom stereocenters. The van der Waals surface area contributed by atoms with Gasteiger partial charge in [-0.05, 0) is 126 Å². The molecule has 0 spiro atoms. The van der Waals surface area contributed by atoms with Crippen LogP contribution in [0.5, 0.6) is 0 Å². The molecule has 4 aliphatic rings. The molecule has 0 heterocycles. The Balaban J connectivity index is 1.68. The van der Waals surface area contributed by atoms with Crippen LogP contribution in [-0.2, 0) is 13.3 Å². The lowest BCUT2D eigenvalue weighted by Crippen LogP contribution is -2.50. The van der Waals surface area contributed by atoms with E-state index in [9.17, 15) is 0 Å². The molecule has 1 fully saturated rings. The van der Waals surface area contributed by atoms with E-state index in [0.717, 1.165) is 29.8 Å². The van der Waals surface area contributed by atoms with E-state index < -0.39 is 25.0 Å². The van der Waals surface area contributed by atoms with Gasteiger partial charge < -0.3 is 13.3 Å². The molecule has 0 amide bonds. The van der Waals surface area contributed by atoms with Gasteiger partial charge in [0.05, 0.1) is 5.76 Å². The zero-order valence-corrected chi connectivity index (χ0v) is 26.9. The summed E-state index contributed by atoms with van der Waals surface area (Å²) in [6.45, 7) is 25.8. The Morgan fingerprint density at radius 1 is 0.706 bits per heavy atom. The van der Waals surface area contributed by atoms with Crippen molar-refractivity contribution in [1.29, 1.82) is 0 Å². The third-order valence-electron chi connectivity index (χ3n) is 8.60. The lowest BCUT2D eigenvalue weighted by atomic mass is 9.48. The Morgan fingerprint density at radius 2 is 1.32 bits per heavy atom. The van der Waals surface area contributed by atoms with E-state index in [-0.39, 0.29) is 10.8 Å². The maximum absolute atomic E-state index is 6.85. The van der Waals surface area contributed by atoms with Crippen molar-refractivity contribution < 1.29 is 13.3 Å². The molecule has 0 aromatic heterocycles. The first-order valence-corrected chi connectivity index (χ1v) is 23.9. The summed E-state index contributed by atoms with van der Waals surface area (Å²) in [5, 5.41) is 0. The maximum Gasteiger partial charge on any atom is 0.242 e. The number of hydrogen-bond donors (Lipinski definition) is 0. The molecule has 3 nitrogen and oxygen atoms in total. The first kappa shape index (κ1) is 26.3. The van der Waals surface area contributed by atoms with Gasteiger partial charge in [0.1, 0.15) is 11.5 Å². The van der Waals surface area contributed by atoms with Crippen molar-refractivity contribution in [3.8, 4) is 0 Å². The highest BCUT2D eigenvalue weighted by Gasteiger charge is 2.58. The Labute approximate surface area is 212 Å². The van der Waals surface area contributed by atoms with E-state index in [1.807, 2.05) is 0 Å². The monoisotopic (exact) mass is 518 g/mol. The Hall–Kier alpha value is -0.729. The lowest BCUT2D eigenvalue weighted by Gasteiger charge is -2.57. The molecule has 0 aliphatic heterocycles. The van der Waals surface area contributed by atoms with Crippen LogP contribution in [0.4, 0.5) is 0 Å². The maximum atomic E-state index is 6.85. The van der Waals surface area contributed by atoms with Gasteiger partial charge in [-0.25, -0.2) is 0 Å². The molecular weight excluding hydrogens is 469 g/mol. The van der Waals surface area contributed by atoms with Gasteiger partial charge in [-0.2, -0.15) is 0 Å². The predicted octanol–water partition coefficient (Wildman–Crippen LogP) is 8.82. The highest BCUT2D eigenvalue weighted by molar-refractivity contribution is 6.70. The summed E-state index contributed by atoms with van der Waals surface area (Å²) in [7, 11) is -5.06. The Morgan fingerprint density at radius 3 is 1.91 bits per heavy atom. The van der Waals surface area contributed by atoms with Gasteiger partial charge in [0, 0.05) is 11.8 Å². The van der Waals surface area contributed by atoms with E-state index in [0.29, 0.717) is 5.92 Å². The molecular formula is C28H50O3Si3. The molecule has 6 heteroatoms. The smallest absolute Gasteiger partial charge is 0.242 e. The number of rotatable bonds is 6. The van der Waals surface area contributed by atoms with Crippen molar-refractivity contribution in [3.63, 3.8) is 0 Å². The summed E-state index contributed by atoms with van der Waals surface area (Å²) in [5.74, 6) is 5.77. The lowest BCUT2D eigenvalue weighted by molar-refractivity contribution is -0.0258. The molecule has 192 valence electrons. The summed E-state index contributed by atoms with van der Waals surface area (Å²) in [5.41, 5.74) is 1.88. The van der Waals surface area contributed by atoms with Crippen molar-refractivity contribution in [2.24, 2.45) is 28.6 Å². The Kier molecular flexibility index (Phi) is 6.51. The van der Waals surface area contributed by atoms with Crippen LogP contribution in [0.25, 0.3) is 0 Å². The molecule has 0 aromatic rings. The van der Waals surface area contributed by atoms with Crippen LogP contribution in [-0.4, -0.2) is 25.0 Å². The van der Waals surface area contributed by atoms with Gasteiger partial charge in [0.15, 0.2) is 0 Å². The highest BCUT2D eigenvalue weighted by Crippen LogP contribution is 2.66. The third kappa shape index (κ3) is 4.93. The normalized spacial score (nSPS) is 36.1. The van der Waals surface area contributed by atoms with Crippen LogP contribution in [0.3, 0.4) is 0 Å². The van der Waals surface area contributed by atoms with Gasteiger partial charge in [0.25, 0.3) is 0 Å². The SMILES string of the molecule is CC12CCC3C(CC=C4C(O[Si](C)(C)C)=C(O[Si](C)(C)C)CCC43C)C1CC=C2O[Si](C)(C)C. The summed E-state index contributed by atoms with van der Waals surface area (Å²) in [6.07, 6.45) is 12.2. The summed E-state index contributed by atoms with van der Waals surface area (Å²) >= 11 is 0. The molecule has 0 N–H and O–H groups in total. The van der Waals surface area contributed by atoms with Crippen molar-refractivity contribution in [1.82, 2.24) is 0 Å². The van der Waals surface area contributed by atoms with Crippen molar-refractivity contribution in [2.75, 3.05) is 0 Å². The summed E-state index contributed by atoms with van der Waals surface area (Å²) in [4.78, 5) is 0. The third-order valence-corrected chi connectivity index (χ3v) is 11.1. The largest absolute Gasteiger partial charge is 0.547 e. The fourth-order valence-electron chi connectivity index (χ4n) is 7.30. The molecule has 4 rings (SSSR count). The molecule has 0 bridgehead atoms. The number of allylic oxidation sites excluding steroid dienone is 5. The predicted molar refractivity (Wildman–Crippen MR) is 151 cm³/mol. The number of hydrogen-bond acceptors (Lipinski definition) is 3. The van der Waals surface area contributed by atoms with Crippen LogP contribution < -0.4 is 0 Å². The Bertz CT molecular complexity index is 915. The molecule has 4 aliphatic carbocycles. The quantitative estimate of drug-likeness (QED) is 0.329. The van der Waals surface area contributed by atoms with Crippen LogP contribution in [0.1, 0.15) is 52.4 Å². The fourth-order valence-corrected chi connectivity index (χ4v) is 10.1. The van der Waals surface area contributed by atoms with E-state index in [1.165, 1.54) is 43.4 Å². The van der Waals surface area contributed by atoms with Crippen LogP contribution in [0.15, 0.2) is 35.0 Å².